The first kappa shape index (κ1) is 20.6. The smallest absolute Gasteiger partial charge is 0.228 e. The van der Waals surface area contributed by atoms with Gasteiger partial charge in [-0.25, -0.2) is 0 Å². The van der Waals surface area contributed by atoms with E-state index in [9.17, 15) is 9.59 Å². The molecule has 1 aromatic heterocycles. The first-order chi connectivity index (χ1) is 14.4. The predicted molar refractivity (Wildman–Crippen MR) is 118 cm³/mol. The minimum Gasteiger partial charge on any atom is -0.397 e. The summed E-state index contributed by atoms with van der Waals surface area (Å²) >= 11 is 0. The second-order valence-electron chi connectivity index (χ2n) is 8.82. The number of fused-ring (bicyclic) bond motifs is 1. The van der Waals surface area contributed by atoms with Crippen LogP contribution in [0.15, 0.2) is 30.3 Å². The molecule has 7 heteroatoms. The van der Waals surface area contributed by atoms with Crippen LogP contribution < -0.4 is 5.73 Å². The minimum atomic E-state index is -0.236. The maximum Gasteiger partial charge on any atom is 0.228 e. The van der Waals surface area contributed by atoms with Crippen molar-refractivity contribution in [1.29, 1.82) is 0 Å². The Morgan fingerprint density at radius 3 is 2.87 bits per heavy atom. The number of likely N-dealkylation sites (tertiary alicyclic amines) is 2. The van der Waals surface area contributed by atoms with Gasteiger partial charge >= 0.3 is 0 Å². The molecule has 2 aliphatic heterocycles. The van der Waals surface area contributed by atoms with Gasteiger partial charge in [-0.15, -0.1) is 0 Å². The number of carbonyl (C=O) groups is 2. The molecule has 0 unspecified atom stereocenters. The molecule has 0 spiro atoms. The van der Waals surface area contributed by atoms with Crippen molar-refractivity contribution < 1.29 is 9.59 Å². The number of benzene rings is 1. The molecule has 4 rings (SSSR count). The number of hydrogen-bond donors (Lipinski definition) is 1. The third-order valence-corrected chi connectivity index (χ3v) is 6.29. The molecule has 2 aromatic rings. The van der Waals surface area contributed by atoms with E-state index in [1.54, 1.807) is 0 Å². The SMILES string of the molecule is CN(C)CCN1C[C@H](C(=O)N2CCC[C@H](c3nc4ccccc4cc3N)C2)CC1=O. The number of likely N-dealkylation sites (N-methyl/N-ethyl adjacent to an activating group) is 1. The monoisotopic (exact) mass is 409 g/mol. The summed E-state index contributed by atoms with van der Waals surface area (Å²) in [7, 11) is 3.98. The highest BCUT2D eigenvalue weighted by Gasteiger charge is 2.38. The number of aromatic nitrogens is 1. The van der Waals surface area contributed by atoms with Crippen LogP contribution >= 0.6 is 0 Å². The van der Waals surface area contributed by atoms with Gasteiger partial charge in [0, 0.05) is 50.4 Å². The third kappa shape index (κ3) is 4.26. The summed E-state index contributed by atoms with van der Waals surface area (Å²) in [5.74, 6) is 0.0820. The molecule has 30 heavy (non-hydrogen) atoms. The van der Waals surface area contributed by atoms with Crippen LogP contribution in [0.2, 0.25) is 0 Å². The van der Waals surface area contributed by atoms with Crippen LogP contribution in [0.4, 0.5) is 5.69 Å². The number of pyridine rings is 1. The Hall–Kier alpha value is -2.67. The fourth-order valence-corrected chi connectivity index (χ4v) is 4.61. The number of anilines is 1. The molecule has 7 nitrogen and oxygen atoms in total. The van der Waals surface area contributed by atoms with Crippen LogP contribution in [0.25, 0.3) is 10.9 Å². The fraction of sp³-hybridized carbons (Fsp3) is 0.522. The number of piperidine rings is 1. The Morgan fingerprint density at radius 2 is 2.07 bits per heavy atom. The number of rotatable bonds is 5. The lowest BCUT2D eigenvalue weighted by Crippen LogP contribution is -2.43. The van der Waals surface area contributed by atoms with Gasteiger partial charge in [0.05, 0.1) is 22.8 Å². The number of amides is 2. The van der Waals surface area contributed by atoms with Gasteiger partial charge in [0.1, 0.15) is 0 Å². The van der Waals surface area contributed by atoms with Crippen molar-refractivity contribution in [2.45, 2.75) is 25.2 Å². The Kier molecular flexibility index (Phi) is 5.90. The summed E-state index contributed by atoms with van der Waals surface area (Å²) in [6.07, 6.45) is 2.22. The lowest BCUT2D eigenvalue weighted by atomic mass is 9.91. The van der Waals surface area contributed by atoms with Gasteiger partial charge in [0.25, 0.3) is 0 Å². The van der Waals surface area contributed by atoms with Gasteiger partial charge in [0.2, 0.25) is 11.8 Å². The zero-order chi connectivity index (χ0) is 21.3. The Bertz CT molecular complexity index is 944. The molecular weight excluding hydrogens is 378 g/mol. The maximum absolute atomic E-state index is 13.2. The summed E-state index contributed by atoms with van der Waals surface area (Å²) in [6.45, 7) is 3.38. The van der Waals surface area contributed by atoms with Crippen molar-refractivity contribution in [3.05, 3.63) is 36.0 Å². The number of carbonyl (C=O) groups excluding carboxylic acids is 2. The first-order valence-corrected chi connectivity index (χ1v) is 10.8. The molecule has 2 N–H and O–H groups in total. The van der Waals surface area contributed by atoms with Crippen molar-refractivity contribution in [2.75, 3.05) is 52.6 Å². The molecular formula is C23H31N5O2. The highest BCUT2D eigenvalue weighted by Crippen LogP contribution is 2.32. The van der Waals surface area contributed by atoms with Crippen LogP contribution in [0.1, 0.15) is 30.9 Å². The van der Waals surface area contributed by atoms with Gasteiger partial charge in [-0.05, 0) is 39.1 Å². The van der Waals surface area contributed by atoms with E-state index in [0.717, 1.165) is 42.5 Å². The van der Waals surface area contributed by atoms with Crippen molar-refractivity contribution in [3.63, 3.8) is 0 Å². The Morgan fingerprint density at radius 1 is 1.27 bits per heavy atom. The standard InChI is InChI=1S/C23H31N5O2/c1-26(2)10-11-27-15-18(13-21(27)29)23(30)28-9-5-7-17(14-28)22-19(24)12-16-6-3-4-8-20(16)25-22/h3-4,6,8,12,17-18H,5,7,9-11,13-15,24H2,1-2H3/t17-,18+/m0/s1. The van der Waals surface area contributed by atoms with E-state index in [1.807, 2.05) is 54.2 Å². The van der Waals surface area contributed by atoms with Gasteiger partial charge in [-0.1, -0.05) is 18.2 Å². The molecule has 2 saturated heterocycles. The van der Waals surface area contributed by atoms with Crippen LogP contribution in [-0.4, -0.2) is 78.3 Å². The molecule has 2 aliphatic rings. The number of para-hydroxylation sites is 1. The molecule has 0 bridgehead atoms. The maximum atomic E-state index is 13.2. The quantitative estimate of drug-likeness (QED) is 0.816. The predicted octanol–water partition coefficient (Wildman–Crippen LogP) is 1.93. The summed E-state index contributed by atoms with van der Waals surface area (Å²) in [4.78, 5) is 36.2. The van der Waals surface area contributed by atoms with E-state index in [0.29, 0.717) is 31.7 Å². The van der Waals surface area contributed by atoms with E-state index in [-0.39, 0.29) is 23.7 Å². The summed E-state index contributed by atoms with van der Waals surface area (Å²) < 4.78 is 0. The highest BCUT2D eigenvalue weighted by molar-refractivity contribution is 5.89. The van der Waals surface area contributed by atoms with Gasteiger partial charge < -0.3 is 20.4 Å². The largest absolute Gasteiger partial charge is 0.397 e. The summed E-state index contributed by atoms with van der Waals surface area (Å²) in [5.41, 5.74) is 8.85. The molecule has 2 atom stereocenters. The molecule has 2 fully saturated rings. The van der Waals surface area contributed by atoms with Crippen molar-refractivity contribution in [3.8, 4) is 0 Å². The average Bonchev–Trinajstić information content (AvgIpc) is 3.11. The number of nitrogens with two attached hydrogens (primary N) is 1. The average molecular weight is 410 g/mol. The highest BCUT2D eigenvalue weighted by atomic mass is 16.2. The summed E-state index contributed by atoms with van der Waals surface area (Å²) in [6, 6.07) is 9.95. The second-order valence-corrected chi connectivity index (χ2v) is 8.82. The summed E-state index contributed by atoms with van der Waals surface area (Å²) in [5, 5.41) is 1.03. The minimum absolute atomic E-state index is 0.0872. The van der Waals surface area contributed by atoms with Gasteiger partial charge in [-0.3, -0.25) is 14.6 Å². The molecule has 0 radical (unpaired) electrons. The van der Waals surface area contributed by atoms with Crippen LogP contribution in [0.5, 0.6) is 0 Å². The zero-order valence-corrected chi connectivity index (χ0v) is 17.9. The van der Waals surface area contributed by atoms with Gasteiger partial charge in [0.15, 0.2) is 0 Å². The second kappa shape index (κ2) is 8.60. The lowest BCUT2D eigenvalue weighted by molar-refractivity contribution is -0.137. The van der Waals surface area contributed by atoms with E-state index in [1.165, 1.54) is 0 Å². The molecule has 160 valence electrons. The Balaban J connectivity index is 1.45. The van der Waals surface area contributed by atoms with Crippen molar-refractivity contribution in [2.24, 2.45) is 5.92 Å². The first-order valence-electron chi connectivity index (χ1n) is 10.8. The number of nitrogens with zero attached hydrogens (tertiary/aromatic N) is 4. The van der Waals surface area contributed by atoms with Crippen LogP contribution in [0.3, 0.4) is 0 Å². The van der Waals surface area contributed by atoms with Crippen molar-refractivity contribution in [1.82, 2.24) is 19.7 Å². The van der Waals surface area contributed by atoms with Gasteiger partial charge in [-0.2, -0.15) is 0 Å². The van der Waals surface area contributed by atoms with E-state index >= 15 is 0 Å². The molecule has 0 aliphatic carbocycles. The lowest BCUT2D eigenvalue weighted by Gasteiger charge is -2.34. The topological polar surface area (TPSA) is 82.8 Å². The van der Waals surface area contributed by atoms with Crippen molar-refractivity contribution >= 4 is 28.4 Å². The normalized spacial score (nSPS) is 22.3. The van der Waals surface area contributed by atoms with E-state index in [2.05, 4.69) is 4.90 Å². The molecule has 3 heterocycles. The number of hydrogen-bond acceptors (Lipinski definition) is 5. The molecule has 1 aromatic carbocycles. The fourth-order valence-electron chi connectivity index (χ4n) is 4.61. The molecule has 0 saturated carbocycles. The number of nitrogen functional groups attached to an aromatic ring is 1. The van der Waals surface area contributed by atoms with Crippen LogP contribution in [-0.2, 0) is 9.59 Å². The van der Waals surface area contributed by atoms with E-state index in [4.69, 9.17) is 10.7 Å². The third-order valence-electron chi connectivity index (χ3n) is 6.29. The molecule has 2 amide bonds. The Labute approximate surface area is 177 Å². The van der Waals surface area contributed by atoms with E-state index < -0.39 is 0 Å². The zero-order valence-electron chi connectivity index (χ0n) is 17.9. The van der Waals surface area contributed by atoms with Crippen LogP contribution in [0, 0.1) is 5.92 Å².